The highest BCUT2D eigenvalue weighted by Crippen LogP contribution is 2.39. The van der Waals surface area contributed by atoms with Crippen LogP contribution in [0.25, 0.3) is 105 Å². The molecule has 0 spiro atoms. The molecular formula is C52H33N5. The normalized spacial score (nSPS) is 11.9. The fourth-order valence-corrected chi connectivity index (χ4v) is 9.04. The van der Waals surface area contributed by atoms with Crippen molar-refractivity contribution in [2.24, 2.45) is 0 Å². The van der Waals surface area contributed by atoms with E-state index in [1.165, 1.54) is 32.6 Å². The molecule has 5 aromatic heterocycles. The van der Waals surface area contributed by atoms with Gasteiger partial charge in [0.15, 0.2) is 0 Å². The van der Waals surface area contributed by atoms with E-state index in [9.17, 15) is 0 Å². The number of fused-ring (bicyclic) bond motifs is 9. The first-order chi connectivity index (χ1) is 28.3. The third-order valence-corrected chi connectivity index (χ3v) is 11.5. The predicted octanol–water partition coefficient (Wildman–Crippen LogP) is 13.1. The molecule has 0 aliphatic heterocycles. The Hall–Kier alpha value is -7.76. The molecule has 12 aromatic rings. The lowest BCUT2D eigenvalue weighted by atomic mass is 9.97. The maximum Gasteiger partial charge on any atom is 0.145 e. The van der Waals surface area contributed by atoms with Gasteiger partial charge in [0.25, 0.3) is 0 Å². The van der Waals surface area contributed by atoms with Crippen LogP contribution in [0.15, 0.2) is 200 Å². The van der Waals surface area contributed by atoms with Gasteiger partial charge in [-0.05, 0) is 113 Å². The van der Waals surface area contributed by atoms with Gasteiger partial charge in [0.1, 0.15) is 11.3 Å². The molecule has 12 rings (SSSR count). The number of aromatic nitrogens is 5. The van der Waals surface area contributed by atoms with Crippen LogP contribution in [0.2, 0.25) is 0 Å². The molecule has 0 fully saturated rings. The largest absolute Gasteiger partial charge is 0.309 e. The standard InChI is InChI=1S/C52H33N5/c1-5-23-47-41(17-1)42-18-2-6-24-48(42)55(47)40-32-36(34-13-9-15-38(30-34)56-49-25-7-3-19-43(49)45-21-11-27-53-51(45)56)29-37(33-40)35-14-10-16-39(31-35)57-50-26-8-4-20-44(50)46-22-12-28-54-52(46)57/h1-33H. The van der Waals surface area contributed by atoms with Crippen molar-refractivity contribution >= 4 is 65.7 Å². The molecule has 0 bridgehead atoms. The topological polar surface area (TPSA) is 40.6 Å². The molecule has 0 saturated heterocycles. The van der Waals surface area contributed by atoms with Gasteiger partial charge in [-0.2, -0.15) is 0 Å². The Morgan fingerprint density at radius 2 is 0.632 bits per heavy atom. The van der Waals surface area contributed by atoms with Gasteiger partial charge in [0.2, 0.25) is 0 Å². The third kappa shape index (κ3) is 4.82. The molecule has 5 heteroatoms. The summed E-state index contributed by atoms with van der Waals surface area (Å²) in [5.74, 6) is 0. The lowest BCUT2D eigenvalue weighted by Gasteiger charge is -2.16. The summed E-state index contributed by atoms with van der Waals surface area (Å²) >= 11 is 0. The summed E-state index contributed by atoms with van der Waals surface area (Å²) in [6, 6.07) is 67.7. The van der Waals surface area contributed by atoms with Crippen LogP contribution in [-0.2, 0) is 0 Å². The maximum absolute atomic E-state index is 4.88. The highest BCUT2D eigenvalue weighted by molar-refractivity contribution is 6.10. The number of para-hydroxylation sites is 4. The zero-order valence-electron chi connectivity index (χ0n) is 30.8. The number of hydrogen-bond donors (Lipinski definition) is 0. The Morgan fingerprint density at radius 1 is 0.263 bits per heavy atom. The average Bonchev–Trinajstić information content (AvgIpc) is 3.92. The number of pyridine rings is 2. The lowest BCUT2D eigenvalue weighted by molar-refractivity contribution is 1.13. The molecule has 0 unspecified atom stereocenters. The first-order valence-electron chi connectivity index (χ1n) is 19.3. The molecule has 5 nitrogen and oxygen atoms in total. The minimum Gasteiger partial charge on any atom is -0.309 e. The van der Waals surface area contributed by atoms with E-state index in [-0.39, 0.29) is 0 Å². The second kappa shape index (κ2) is 12.4. The van der Waals surface area contributed by atoms with Gasteiger partial charge in [0.05, 0.1) is 22.1 Å². The summed E-state index contributed by atoms with van der Waals surface area (Å²) in [7, 11) is 0. The van der Waals surface area contributed by atoms with Gasteiger partial charge in [-0.1, -0.05) is 97.1 Å². The van der Waals surface area contributed by atoms with Crippen LogP contribution in [0.4, 0.5) is 0 Å². The summed E-state index contributed by atoms with van der Waals surface area (Å²) in [5.41, 5.74) is 14.3. The average molecular weight is 728 g/mol. The van der Waals surface area contributed by atoms with E-state index >= 15 is 0 Å². The van der Waals surface area contributed by atoms with Crippen LogP contribution in [-0.4, -0.2) is 23.7 Å². The summed E-state index contributed by atoms with van der Waals surface area (Å²) in [6.07, 6.45) is 3.76. The zero-order valence-corrected chi connectivity index (χ0v) is 30.8. The van der Waals surface area contributed by atoms with E-state index in [4.69, 9.17) is 9.97 Å². The summed E-state index contributed by atoms with van der Waals surface area (Å²) in [5, 5.41) is 7.16. The zero-order chi connectivity index (χ0) is 37.5. The highest BCUT2D eigenvalue weighted by Gasteiger charge is 2.18. The minimum atomic E-state index is 0.951. The molecule has 0 atom stereocenters. The molecule has 7 aromatic carbocycles. The van der Waals surface area contributed by atoms with Crippen molar-refractivity contribution in [2.45, 2.75) is 0 Å². The molecular weight excluding hydrogens is 695 g/mol. The summed E-state index contributed by atoms with van der Waals surface area (Å²) < 4.78 is 6.99. The fourth-order valence-electron chi connectivity index (χ4n) is 9.04. The monoisotopic (exact) mass is 727 g/mol. The minimum absolute atomic E-state index is 0.951. The van der Waals surface area contributed by atoms with Gasteiger partial charge in [-0.15, -0.1) is 0 Å². The maximum atomic E-state index is 4.88. The van der Waals surface area contributed by atoms with E-state index in [1.807, 2.05) is 24.5 Å². The van der Waals surface area contributed by atoms with Crippen LogP contribution in [0.3, 0.4) is 0 Å². The summed E-state index contributed by atoms with van der Waals surface area (Å²) in [4.78, 5) is 9.75. The van der Waals surface area contributed by atoms with Gasteiger partial charge in [-0.3, -0.25) is 9.13 Å². The van der Waals surface area contributed by atoms with Gasteiger partial charge >= 0.3 is 0 Å². The molecule has 0 aliphatic carbocycles. The number of rotatable bonds is 5. The smallest absolute Gasteiger partial charge is 0.145 e. The van der Waals surface area contributed by atoms with Crippen LogP contribution < -0.4 is 0 Å². The van der Waals surface area contributed by atoms with Crippen molar-refractivity contribution in [3.63, 3.8) is 0 Å². The number of benzene rings is 7. The lowest BCUT2D eigenvalue weighted by Crippen LogP contribution is -1.98. The van der Waals surface area contributed by atoms with E-state index in [0.29, 0.717) is 0 Å². The second-order valence-corrected chi connectivity index (χ2v) is 14.7. The Labute approximate surface area is 328 Å². The van der Waals surface area contributed by atoms with Crippen molar-refractivity contribution in [3.05, 3.63) is 200 Å². The predicted molar refractivity (Wildman–Crippen MR) is 236 cm³/mol. The molecule has 266 valence electrons. The van der Waals surface area contributed by atoms with Crippen LogP contribution >= 0.6 is 0 Å². The molecule has 0 aliphatic rings. The van der Waals surface area contributed by atoms with Crippen molar-refractivity contribution in [1.29, 1.82) is 0 Å². The van der Waals surface area contributed by atoms with Crippen molar-refractivity contribution in [2.75, 3.05) is 0 Å². The molecule has 5 heterocycles. The first kappa shape index (κ1) is 31.6. The van der Waals surface area contributed by atoms with E-state index in [0.717, 1.165) is 72.4 Å². The molecule has 0 N–H and O–H groups in total. The van der Waals surface area contributed by atoms with Crippen molar-refractivity contribution in [1.82, 2.24) is 23.7 Å². The van der Waals surface area contributed by atoms with Gasteiger partial charge in [0, 0.05) is 61.8 Å². The van der Waals surface area contributed by atoms with Crippen molar-refractivity contribution < 1.29 is 0 Å². The van der Waals surface area contributed by atoms with Crippen LogP contribution in [0.5, 0.6) is 0 Å². The van der Waals surface area contributed by atoms with E-state index < -0.39 is 0 Å². The number of hydrogen-bond acceptors (Lipinski definition) is 2. The Morgan fingerprint density at radius 3 is 1.09 bits per heavy atom. The Kier molecular flexibility index (Phi) is 6.86. The van der Waals surface area contributed by atoms with Crippen LogP contribution in [0, 0.1) is 0 Å². The van der Waals surface area contributed by atoms with E-state index in [2.05, 4.69) is 190 Å². The first-order valence-corrected chi connectivity index (χ1v) is 19.3. The highest BCUT2D eigenvalue weighted by atomic mass is 15.1. The quantitative estimate of drug-likeness (QED) is 0.177. The second-order valence-electron chi connectivity index (χ2n) is 14.7. The molecule has 0 saturated carbocycles. The fraction of sp³-hybridized carbons (Fsp3) is 0. The SMILES string of the molecule is c1cc(-c2cc(-c3cccc(-n4c5ccccc5c5cccnc54)c3)cc(-n3c4ccccc4c4ccccc43)c2)cc(-n2c3ccccc3c3cccnc32)c1. The molecule has 0 radical (unpaired) electrons. The van der Waals surface area contributed by atoms with Crippen molar-refractivity contribution in [3.8, 4) is 39.3 Å². The van der Waals surface area contributed by atoms with Gasteiger partial charge < -0.3 is 4.57 Å². The summed E-state index contributed by atoms with van der Waals surface area (Å²) in [6.45, 7) is 0. The van der Waals surface area contributed by atoms with Gasteiger partial charge in [-0.25, -0.2) is 9.97 Å². The number of nitrogens with zero attached hydrogens (tertiary/aromatic N) is 5. The van der Waals surface area contributed by atoms with E-state index in [1.54, 1.807) is 0 Å². The Bertz CT molecular complexity index is 3210. The molecule has 57 heavy (non-hydrogen) atoms. The molecule has 0 amide bonds. The van der Waals surface area contributed by atoms with Crippen LogP contribution in [0.1, 0.15) is 0 Å². The third-order valence-electron chi connectivity index (χ3n) is 11.5. The Balaban J connectivity index is 1.10.